The minimum absolute atomic E-state index is 0.0392. The first-order chi connectivity index (χ1) is 7.59. The van der Waals surface area contributed by atoms with Crippen LogP contribution in [0, 0.1) is 0 Å². The van der Waals surface area contributed by atoms with Gasteiger partial charge in [-0.25, -0.2) is 0 Å². The van der Waals surface area contributed by atoms with Crippen LogP contribution in [0.15, 0.2) is 35.9 Å². The van der Waals surface area contributed by atoms with Gasteiger partial charge < -0.3 is 5.73 Å². The van der Waals surface area contributed by atoms with Crippen molar-refractivity contribution in [3.05, 3.63) is 41.5 Å². The van der Waals surface area contributed by atoms with Gasteiger partial charge in [-0.3, -0.25) is 9.59 Å². The Morgan fingerprint density at radius 3 is 2.38 bits per heavy atom. The van der Waals surface area contributed by atoms with Crippen molar-refractivity contribution in [1.29, 1.82) is 0 Å². The number of Topliss-reactive ketones (excluding diaryl/α,β-unsaturated/α-hetero) is 1. The molecule has 1 aromatic carbocycles. The van der Waals surface area contributed by atoms with E-state index in [-0.39, 0.29) is 18.6 Å². The van der Waals surface area contributed by atoms with Crippen molar-refractivity contribution >= 4 is 17.8 Å². The lowest BCUT2D eigenvalue weighted by Crippen LogP contribution is -2.12. The Kier molecular flexibility index (Phi) is 4.45. The number of primary amides is 1. The van der Waals surface area contributed by atoms with Crippen LogP contribution in [0.25, 0.3) is 6.08 Å². The van der Waals surface area contributed by atoms with Crippen molar-refractivity contribution in [1.82, 2.24) is 0 Å². The predicted molar refractivity (Wildman–Crippen MR) is 63.5 cm³/mol. The molecule has 0 spiro atoms. The standard InChI is InChI=1S/C13H15NO2/c1-10(12(15)7-8-13(14)16)9-11-5-3-2-4-6-11/h2-6,9H,7-8H2,1H3,(H2,14,16)/b10-9+. The van der Waals surface area contributed by atoms with E-state index in [2.05, 4.69) is 0 Å². The van der Waals surface area contributed by atoms with Gasteiger partial charge in [0.1, 0.15) is 0 Å². The molecule has 0 bridgehead atoms. The van der Waals surface area contributed by atoms with Gasteiger partial charge in [0.05, 0.1) is 0 Å². The largest absolute Gasteiger partial charge is 0.370 e. The van der Waals surface area contributed by atoms with Crippen LogP contribution < -0.4 is 5.73 Å². The average Bonchev–Trinajstić information content (AvgIpc) is 2.27. The van der Waals surface area contributed by atoms with Gasteiger partial charge in [-0.15, -0.1) is 0 Å². The number of rotatable bonds is 5. The molecule has 0 aromatic heterocycles. The maximum absolute atomic E-state index is 11.6. The summed E-state index contributed by atoms with van der Waals surface area (Å²) in [4.78, 5) is 22.1. The van der Waals surface area contributed by atoms with E-state index >= 15 is 0 Å². The van der Waals surface area contributed by atoms with E-state index in [1.54, 1.807) is 6.92 Å². The van der Waals surface area contributed by atoms with Crippen LogP contribution in [-0.4, -0.2) is 11.7 Å². The Balaban J connectivity index is 2.63. The molecule has 84 valence electrons. The summed E-state index contributed by atoms with van der Waals surface area (Å²) < 4.78 is 0. The zero-order valence-corrected chi connectivity index (χ0v) is 9.27. The van der Waals surface area contributed by atoms with Crippen molar-refractivity contribution in [2.75, 3.05) is 0 Å². The Labute approximate surface area is 95.0 Å². The molecule has 3 heteroatoms. The number of amides is 1. The fourth-order valence-electron chi connectivity index (χ4n) is 1.31. The predicted octanol–water partition coefficient (Wildman–Crippen LogP) is 1.92. The number of ketones is 1. The summed E-state index contributed by atoms with van der Waals surface area (Å²) in [5, 5.41) is 0. The summed E-state index contributed by atoms with van der Waals surface area (Å²) in [6.07, 6.45) is 2.10. The number of nitrogens with two attached hydrogens (primary N) is 1. The van der Waals surface area contributed by atoms with Crippen LogP contribution in [0.4, 0.5) is 0 Å². The molecule has 0 fully saturated rings. The first-order valence-corrected chi connectivity index (χ1v) is 5.14. The van der Waals surface area contributed by atoms with Crippen molar-refractivity contribution in [3.8, 4) is 0 Å². The number of carbonyl (C=O) groups excluding carboxylic acids is 2. The summed E-state index contributed by atoms with van der Waals surface area (Å²) >= 11 is 0. The summed E-state index contributed by atoms with van der Waals surface area (Å²) in [6, 6.07) is 9.58. The fraction of sp³-hybridized carbons (Fsp3) is 0.231. The maximum atomic E-state index is 11.6. The fourth-order valence-corrected chi connectivity index (χ4v) is 1.31. The third kappa shape index (κ3) is 4.09. The topological polar surface area (TPSA) is 60.2 Å². The number of hydrogen-bond acceptors (Lipinski definition) is 2. The SMILES string of the molecule is C/C(=C\c1ccccc1)C(=O)CCC(N)=O. The molecule has 1 rings (SSSR count). The smallest absolute Gasteiger partial charge is 0.217 e. The second-order valence-electron chi connectivity index (χ2n) is 3.63. The zero-order valence-electron chi connectivity index (χ0n) is 9.27. The Hall–Kier alpha value is -1.90. The van der Waals surface area contributed by atoms with Gasteiger partial charge in [0, 0.05) is 12.8 Å². The van der Waals surface area contributed by atoms with Crippen LogP contribution >= 0.6 is 0 Å². The van der Waals surface area contributed by atoms with E-state index in [1.165, 1.54) is 0 Å². The molecule has 0 atom stereocenters. The number of benzene rings is 1. The summed E-state index contributed by atoms with van der Waals surface area (Å²) in [5.41, 5.74) is 6.61. The molecular formula is C13H15NO2. The zero-order chi connectivity index (χ0) is 12.0. The second-order valence-corrected chi connectivity index (χ2v) is 3.63. The molecule has 0 aliphatic heterocycles. The van der Waals surface area contributed by atoms with E-state index in [9.17, 15) is 9.59 Å². The highest BCUT2D eigenvalue weighted by Crippen LogP contribution is 2.09. The van der Waals surface area contributed by atoms with Gasteiger partial charge in [-0.2, -0.15) is 0 Å². The Morgan fingerprint density at radius 2 is 1.81 bits per heavy atom. The van der Waals surface area contributed by atoms with Gasteiger partial charge >= 0.3 is 0 Å². The molecule has 0 saturated heterocycles. The van der Waals surface area contributed by atoms with Crippen LogP contribution in [0.2, 0.25) is 0 Å². The van der Waals surface area contributed by atoms with Gasteiger partial charge in [0.2, 0.25) is 5.91 Å². The minimum atomic E-state index is -0.444. The monoisotopic (exact) mass is 217 g/mol. The molecule has 0 radical (unpaired) electrons. The molecule has 1 amide bonds. The van der Waals surface area contributed by atoms with Crippen molar-refractivity contribution < 1.29 is 9.59 Å². The average molecular weight is 217 g/mol. The lowest BCUT2D eigenvalue weighted by Gasteiger charge is -1.99. The first kappa shape index (κ1) is 12.2. The summed E-state index contributed by atoms with van der Waals surface area (Å²) in [6.45, 7) is 1.75. The third-order valence-corrected chi connectivity index (χ3v) is 2.22. The number of hydrogen-bond donors (Lipinski definition) is 1. The number of carbonyl (C=O) groups is 2. The highest BCUT2D eigenvalue weighted by atomic mass is 16.1. The van der Waals surface area contributed by atoms with E-state index in [4.69, 9.17) is 5.73 Å². The van der Waals surface area contributed by atoms with E-state index in [0.29, 0.717) is 5.57 Å². The van der Waals surface area contributed by atoms with E-state index < -0.39 is 5.91 Å². The molecule has 3 nitrogen and oxygen atoms in total. The van der Waals surface area contributed by atoms with Gasteiger partial charge in [-0.05, 0) is 24.1 Å². The molecule has 2 N–H and O–H groups in total. The van der Waals surface area contributed by atoms with Crippen molar-refractivity contribution in [2.24, 2.45) is 5.73 Å². The van der Waals surface area contributed by atoms with Crippen molar-refractivity contribution in [3.63, 3.8) is 0 Å². The molecule has 16 heavy (non-hydrogen) atoms. The summed E-state index contributed by atoms with van der Waals surface area (Å²) in [5.74, 6) is -0.483. The molecule has 0 heterocycles. The van der Waals surface area contributed by atoms with Gasteiger partial charge in [0.25, 0.3) is 0 Å². The quantitative estimate of drug-likeness (QED) is 0.766. The van der Waals surface area contributed by atoms with E-state index in [1.807, 2.05) is 36.4 Å². The van der Waals surface area contributed by atoms with Crippen LogP contribution in [0.3, 0.4) is 0 Å². The molecule has 1 aromatic rings. The summed E-state index contributed by atoms with van der Waals surface area (Å²) in [7, 11) is 0. The molecule has 0 saturated carbocycles. The molecule has 0 aliphatic carbocycles. The second kappa shape index (κ2) is 5.85. The van der Waals surface area contributed by atoms with Gasteiger partial charge in [-0.1, -0.05) is 30.3 Å². The van der Waals surface area contributed by atoms with Gasteiger partial charge in [0.15, 0.2) is 5.78 Å². The maximum Gasteiger partial charge on any atom is 0.217 e. The van der Waals surface area contributed by atoms with Crippen LogP contribution in [0.1, 0.15) is 25.3 Å². The number of allylic oxidation sites excluding steroid dienone is 1. The Morgan fingerprint density at radius 1 is 1.19 bits per heavy atom. The highest BCUT2D eigenvalue weighted by molar-refractivity contribution is 6.00. The Bertz CT molecular complexity index is 407. The van der Waals surface area contributed by atoms with Crippen molar-refractivity contribution in [2.45, 2.75) is 19.8 Å². The molecule has 0 unspecified atom stereocenters. The lowest BCUT2D eigenvalue weighted by molar-refractivity contribution is -0.121. The highest BCUT2D eigenvalue weighted by Gasteiger charge is 2.06. The first-order valence-electron chi connectivity index (χ1n) is 5.14. The minimum Gasteiger partial charge on any atom is -0.370 e. The van der Waals surface area contributed by atoms with Crippen LogP contribution in [0.5, 0.6) is 0 Å². The lowest BCUT2D eigenvalue weighted by atomic mass is 10.1. The van der Waals surface area contributed by atoms with Crippen LogP contribution in [-0.2, 0) is 9.59 Å². The van der Waals surface area contributed by atoms with E-state index in [0.717, 1.165) is 5.56 Å². The molecular weight excluding hydrogens is 202 g/mol. The third-order valence-electron chi connectivity index (χ3n) is 2.22. The normalized spacial score (nSPS) is 11.2. The molecule has 0 aliphatic rings.